The summed E-state index contributed by atoms with van der Waals surface area (Å²) in [4.78, 5) is 6.77. The quantitative estimate of drug-likeness (QED) is 0.920. The van der Waals surface area contributed by atoms with Gasteiger partial charge in [-0.2, -0.15) is 16.3 Å². The zero-order valence-electron chi connectivity index (χ0n) is 12.2. The van der Waals surface area contributed by atoms with E-state index in [1.54, 1.807) is 11.3 Å². The third-order valence-electron chi connectivity index (χ3n) is 4.32. The summed E-state index contributed by atoms with van der Waals surface area (Å²) in [6, 6.07) is 2.54. The van der Waals surface area contributed by atoms with Crippen molar-refractivity contribution in [2.24, 2.45) is 5.92 Å². The van der Waals surface area contributed by atoms with Crippen molar-refractivity contribution in [3.63, 3.8) is 0 Å². The van der Waals surface area contributed by atoms with Crippen molar-refractivity contribution < 1.29 is 9.63 Å². The lowest BCUT2D eigenvalue weighted by atomic mass is 9.86. The van der Waals surface area contributed by atoms with Crippen molar-refractivity contribution in [2.45, 2.75) is 38.3 Å². The van der Waals surface area contributed by atoms with E-state index in [0.717, 1.165) is 37.1 Å². The van der Waals surface area contributed by atoms with Crippen LogP contribution in [0.4, 0.5) is 0 Å². The molecule has 0 amide bonds. The average molecular weight is 307 g/mol. The highest BCUT2D eigenvalue weighted by atomic mass is 32.1. The fraction of sp³-hybridized carbons (Fsp3) is 0.600. The van der Waals surface area contributed by atoms with E-state index in [4.69, 9.17) is 4.52 Å². The van der Waals surface area contributed by atoms with E-state index in [1.165, 1.54) is 0 Å². The van der Waals surface area contributed by atoms with Gasteiger partial charge in [-0.05, 0) is 50.1 Å². The molecule has 2 aromatic heterocycles. The van der Waals surface area contributed by atoms with Crippen LogP contribution in [0.3, 0.4) is 0 Å². The Hall–Kier alpha value is -1.24. The van der Waals surface area contributed by atoms with Crippen LogP contribution in [0, 0.1) is 5.92 Å². The van der Waals surface area contributed by atoms with Crippen LogP contribution in [-0.4, -0.2) is 39.8 Å². The molecule has 5 nitrogen and oxygen atoms in total. The predicted molar refractivity (Wildman–Crippen MR) is 81.9 cm³/mol. The van der Waals surface area contributed by atoms with Gasteiger partial charge in [-0.25, -0.2) is 0 Å². The molecule has 0 saturated heterocycles. The summed E-state index contributed by atoms with van der Waals surface area (Å²) < 4.78 is 5.32. The molecule has 0 unspecified atom stereocenters. The van der Waals surface area contributed by atoms with Crippen LogP contribution < -0.4 is 0 Å². The zero-order valence-corrected chi connectivity index (χ0v) is 13.1. The molecule has 1 saturated carbocycles. The first kappa shape index (κ1) is 14.7. The second-order valence-electron chi connectivity index (χ2n) is 5.80. The normalized spacial score (nSPS) is 22.8. The first-order chi connectivity index (χ1) is 10.3. The minimum Gasteiger partial charge on any atom is -0.396 e. The van der Waals surface area contributed by atoms with Crippen LogP contribution in [0.2, 0.25) is 0 Å². The molecule has 1 fully saturated rings. The van der Waals surface area contributed by atoms with Gasteiger partial charge >= 0.3 is 0 Å². The number of rotatable bonds is 5. The number of aliphatic hydroxyl groups excluding tert-OH is 1. The first-order valence-corrected chi connectivity index (χ1v) is 8.37. The molecule has 0 bridgehead atoms. The highest BCUT2D eigenvalue weighted by molar-refractivity contribution is 7.08. The van der Waals surface area contributed by atoms with Crippen LogP contribution in [-0.2, 0) is 6.54 Å². The van der Waals surface area contributed by atoms with Gasteiger partial charge in [0.05, 0.1) is 12.1 Å². The smallest absolute Gasteiger partial charge is 0.258 e. The first-order valence-electron chi connectivity index (χ1n) is 7.42. The van der Waals surface area contributed by atoms with E-state index in [0.29, 0.717) is 31.0 Å². The standard InChI is InChI=1S/C15H21N3O2S/c1-18(13-4-2-11(9-19)3-5-13)8-14-16-15(20-17-14)12-6-7-21-10-12/h6-7,10-11,13,19H,2-5,8-9H2,1H3. The summed E-state index contributed by atoms with van der Waals surface area (Å²) in [7, 11) is 2.12. The van der Waals surface area contributed by atoms with Crippen LogP contribution in [0.25, 0.3) is 11.5 Å². The van der Waals surface area contributed by atoms with Gasteiger partial charge < -0.3 is 9.63 Å². The van der Waals surface area contributed by atoms with Gasteiger partial charge in [0.2, 0.25) is 0 Å². The lowest BCUT2D eigenvalue weighted by Crippen LogP contribution is -2.35. The Morgan fingerprint density at radius 3 is 2.86 bits per heavy atom. The van der Waals surface area contributed by atoms with E-state index >= 15 is 0 Å². The largest absolute Gasteiger partial charge is 0.396 e. The summed E-state index contributed by atoms with van der Waals surface area (Å²) in [5, 5.41) is 17.3. The number of aliphatic hydroxyl groups is 1. The number of hydrogen-bond acceptors (Lipinski definition) is 6. The fourth-order valence-corrected chi connectivity index (χ4v) is 3.57. The Bertz CT molecular complexity index is 547. The summed E-state index contributed by atoms with van der Waals surface area (Å²) in [6.07, 6.45) is 4.49. The van der Waals surface area contributed by atoms with Gasteiger partial charge in [-0.15, -0.1) is 0 Å². The summed E-state index contributed by atoms with van der Waals surface area (Å²) in [6.45, 7) is 1.04. The van der Waals surface area contributed by atoms with Gasteiger partial charge in [0.1, 0.15) is 0 Å². The van der Waals surface area contributed by atoms with Gasteiger partial charge in [0.25, 0.3) is 5.89 Å². The van der Waals surface area contributed by atoms with E-state index < -0.39 is 0 Å². The molecule has 1 N–H and O–H groups in total. The van der Waals surface area contributed by atoms with Gasteiger partial charge in [-0.3, -0.25) is 4.90 Å². The van der Waals surface area contributed by atoms with E-state index in [1.807, 2.05) is 16.8 Å². The molecular formula is C15H21N3O2S. The van der Waals surface area contributed by atoms with Crippen LogP contribution in [0.15, 0.2) is 21.3 Å². The third kappa shape index (κ3) is 3.51. The number of thiophene rings is 1. The summed E-state index contributed by atoms with van der Waals surface area (Å²) in [5.74, 6) is 1.83. The maximum atomic E-state index is 9.20. The van der Waals surface area contributed by atoms with Crippen molar-refractivity contribution in [3.8, 4) is 11.5 Å². The Kier molecular flexibility index (Phi) is 4.67. The van der Waals surface area contributed by atoms with E-state index in [-0.39, 0.29) is 0 Å². The second-order valence-corrected chi connectivity index (χ2v) is 6.58. The third-order valence-corrected chi connectivity index (χ3v) is 5.01. The Morgan fingerprint density at radius 1 is 1.38 bits per heavy atom. The molecule has 0 radical (unpaired) electrons. The molecule has 0 atom stereocenters. The topological polar surface area (TPSA) is 62.4 Å². The van der Waals surface area contributed by atoms with E-state index in [9.17, 15) is 5.11 Å². The average Bonchev–Trinajstić information content (AvgIpc) is 3.18. The van der Waals surface area contributed by atoms with Crippen molar-refractivity contribution in [2.75, 3.05) is 13.7 Å². The Morgan fingerprint density at radius 2 is 2.19 bits per heavy atom. The summed E-state index contributed by atoms with van der Waals surface area (Å²) in [5.41, 5.74) is 0.991. The van der Waals surface area contributed by atoms with Crippen LogP contribution >= 0.6 is 11.3 Å². The van der Waals surface area contributed by atoms with Crippen molar-refractivity contribution in [1.29, 1.82) is 0 Å². The molecule has 2 heterocycles. The van der Waals surface area contributed by atoms with Gasteiger partial charge in [-0.1, -0.05) is 5.16 Å². The maximum Gasteiger partial charge on any atom is 0.258 e. The molecule has 1 aliphatic rings. The van der Waals surface area contributed by atoms with E-state index in [2.05, 4.69) is 22.1 Å². The molecule has 0 spiro atoms. The molecule has 2 aromatic rings. The monoisotopic (exact) mass is 307 g/mol. The lowest BCUT2D eigenvalue weighted by molar-refractivity contribution is 0.122. The molecule has 6 heteroatoms. The molecule has 21 heavy (non-hydrogen) atoms. The van der Waals surface area contributed by atoms with Crippen molar-refractivity contribution in [1.82, 2.24) is 15.0 Å². The molecule has 114 valence electrons. The van der Waals surface area contributed by atoms with Crippen LogP contribution in [0.5, 0.6) is 0 Å². The zero-order chi connectivity index (χ0) is 14.7. The SMILES string of the molecule is CN(Cc1noc(-c2ccsc2)n1)C1CCC(CO)CC1. The number of nitrogens with zero attached hydrogens (tertiary/aromatic N) is 3. The van der Waals surface area contributed by atoms with Gasteiger partial charge in [0, 0.05) is 18.0 Å². The van der Waals surface area contributed by atoms with Crippen LogP contribution in [0.1, 0.15) is 31.5 Å². The lowest BCUT2D eigenvalue weighted by Gasteiger charge is -2.33. The molecule has 3 rings (SSSR count). The minimum absolute atomic E-state index is 0.325. The highest BCUT2D eigenvalue weighted by Crippen LogP contribution is 2.27. The van der Waals surface area contributed by atoms with Crippen molar-refractivity contribution >= 4 is 11.3 Å². The Balaban J connectivity index is 1.57. The number of aromatic nitrogens is 2. The Labute approximate surface area is 128 Å². The fourth-order valence-electron chi connectivity index (χ4n) is 2.94. The second kappa shape index (κ2) is 6.68. The highest BCUT2D eigenvalue weighted by Gasteiger charge is 2.24. The molecule has 0 aromatic carbocycles. The molecule has 1 aliphatic carbocycles. The minimum atomic E-state index is 0.325. The maximum absolute atomic E-state index is 9.20. The number of hydrogen-bond donors (Lipinski definition) is 1. The predicted octanol–water partition coefficient (Wildman–Crippen LogP) is 2.78. The summed E-state index contributed by atoms with van der Waals surface area (Å²) >= 11 is 1.62. The van der Waals surface area contributed by atoms with Crippen molar-refractivity contribution in [3.05, 3.63) is 22.7 Å². The molecule has 0 aliphatic heterocycles. The van der Waals surface area contributed by atoms with Gasteiger partial charge in [0.15, 0.2) is 5.82 Å². The molecular weight excluding hydrogens is 286 g/mol.